The van der Waals surface area contributed by atoms with Crippen LogP contribution in [0.4, 0.5) is 9.18 Å². The van der Waals surface area contributed by atoms with Gasteiger partial charge in [0.05, 0.1) is 6.61 Å². The minimum Gasteiger partial charge on any atom is -0.493 e. The van der Waals surface area contributed by atoms with E-state index in [1.165, 1.54) is 22.7 Å². The maximum Gasteiger partial charge on any atom is 0.325 e. The highest BCUT2D eigenvalue weighted by atomic mass is 32.2. The van der Waals surface area contributed by atoms with Crippen LogP contribution >= 0.6 is 11.8 Å². The highest BCUT2D eigenvalue weighted by Crippen LogP contribution is 2.42. The SMILES string of the molecule is O=C1N[C@@]2(CCOc3ccccc32)C(=O)N1CC(=O)N1CCS[C@H]1c1ccccc1F. The average Bonchev–Trinajstić information content (AvgIpc) is 3.34. The van der Waals surface area contributed by atoms with Gasteiger partial charge >= 0.3 is 6.03 Å². The number of imide groups is 1. The van der Waals surface area contributed by atoms with Gasteiger partial charge in [0.25, 0.3) is 5.91 Å². The summed E-state index contributed by atoms with van der Waals surface area (Å²) in [5.41, 5.74) is -0.211. The summed E-state index contributed by atoms with van der Waals surface area (Å²) in [6.07, 6.45) is 0.288. The zero-order valence-corrected chi connectivity index (χ0v) is 17.4. The summed E-state index contributed by atoms with van der Waals surface area (Å²) in [6.45, 7) is 0.317. The number of nitrogens with one attached hydrogen (secondary N) is 1. The number of carbonyl (C=O) groups is 3. The molecule has 3 heterocycles. The predicted molar refractivity (Wildman–Crippen MR) is 112 cm³/mol. The van der Waals surface area contributed by atoms with Crippen LogP contribution in [0.15, 0.2) is 48.5 Å². The number of thioether (sulfide) groups is 1. The number of para-hydroxylation sites is 1. The minimum atomic E-state index is -1.23. The van der Waals surface area contributed by atoms with Crippen LogP contribution in [0.3, 0.4) is 0 Å². The van der Waals surface area contributed by atoms with Crippen LogP contribution < -0.4 is 10.1 Å². The van der Waals surface area contributed by atoms with Crippen molar-refractivity contribution in [2.45, 2.75) is 17.3 Å². The molecule has 0 saturated carbocycles. The van der Waals surface area contributed by atoms with E-state index in [-0.39, 0.29) is 31.3 Å². The first-order valence-corrected chi connectivity index (χ1v) is 11.1. The molecule has 1 spiro atoms. The van der Waals surface area contributed by atoms with E-state index in [1.54, 1.807) is 42.5 Å². The summed E-state index contributed by atoms with van der Waals surface area (Å²) >= 11 is 1.46. The lowest BCUT2D eigenvalue weighted by Gasteiger charge is -2.33. The van der Waals surface area contributed by atoms with Crippen LogP contribution in [-0.2, 0) is 15.1 Å². The van der Waals surface area contributed by atoms with Crippen molar-refractivity contribution in [1.29, 1.82) is 0 Å². The second-order valence-electron chi connectivity index (χ2n) is 7.65. The van der Waals surface area contributed by atoms with Gasteiger partial charge in [-0.3, -0.25) is 14.5 Å². The largest absolute Gasteiger partial charge is 0.493 e. The predicted octanol–water partition coefficient (Wildman–Crippen LogP) is 2.63. The Labute approximate surface area is 182 Å². The van der Waals surface area contributed by atoms with Gasteiger partial charge in [-0.1, -0.05) is 36.4 Å². The molecule has 0 aliphatic carbocycles. The molecule has 2 atom stereocenters. The molecule has 2 saturated heterocycles. The normalized spacial score (nSPS) is 24.9. The molecule has 2 fully saturated rings. The van der Waals surface area contributed by atoms with Gasteiger partial charge in [0, 0.05) is 29.8 Å². The molecule has 0 aromatic heterocycles. The second kappa shape index (κ2) is 7.56. The third-order valence-electron chi connectivity index (χ3n) is 5.93. The van der Waals surface area contributed by atoms with Crippen molar-refractivity contribution in [3.63, 3.8) is 0 Å². The highest BCUT2D eigenvalue weighted by Gasteiger charge is 2.55. The lowest BCUT2D eigenvalue weighted by molar-refractivity contribution is -0.139. The van der Waals surface area contributed by atoms with Crippen LogP contribution in [0.2, 0.25) is 0 Å². The van der Waals surface area contributed by atoms with Crippen molar-refractivity contribution in [2.75, 3.05) is 25.4 Å². The Morgan fingerprint density at radius 2 is 1.97 bits per heavy atom. The molecule has 160 valence electrons. The van der Waals surface area contributed by atoms with Gasteiger partial charge in [0.2, 0.25) is 5.91 Å². The number of carbonyl (C=O) groups excluding carboxylic acids is 3. The van der Waals surface area contributed by atoms with Crippen LogP contribution in [0.1, 0.15) is 22.9 Å². The Morgan fingerprint density at radius 3 is 2.81 bits per heavy atom. The lowest BCUT2D eigenvalue weighted by atomic mass is 9.84. The van der Waals surface area contributed by atoms with Crippen LogP contribution in [0.5, 0.6) is 5.75 Å². The topological polar surface area (TPSA) is 79.0 Å². The molecule has 0 bridgehead atoms. The molecule has 1 N–H and O–H groups in total. The first-order chi connectivity index (χ1) is 15.0. The molecule has 0 radical (unpaired) electrons. The second-order valence-corrected chi connectivity index (χ2v) is 8.84. The Bertz CT molecular complexity index is 1080. The summed E-state index contributed by atoms with van der Waals surface area (Å²) < 4.78 is 19.9. The van der Waals surface area contributed by atoms with E-state index in [9.17, 15) is 18.8 Å². The first kappa shape index (κ1) is 19.9. The molecule has 2 aromatic rings. The molecule has 3 aliphatic rings. The summed E-state index contributed by atoms with van der Waals surface area (Å²) in [4.78, 5) is 41.7. The number of halogens is 1. The number of hydrogen-bond donors (Lipinski definition) is 1. The number of rotatable bonds is 3. The zero-order chi connectivity index (χ0) is 21.6. The average molecular weight is 441 g/mol. The number of urea groups is 1. The molecular formula is C22H20FN3O4S. The van der Waals surface area contributed by atoms with E-state index in [4.69, 9.17) is 4.74 Å². The Kier molecular flexibility index (Phi) is 4.85. The number of amides is 4. The van der Waals surface area contributed by atoms with Crippen LogP contribution in [0, 0.1) is 5.82 Å². The highest BCUT2D eigenvalue weighted by molar-refractivity contribution is 7.99. The molecular weight excluding hydrogens is 421 g/mol. The van der Waals surface area contributed by atoms with Crippen molar-refractivity contribution in [1.82, 2.24) is 15.1 Å². The van der Waals surface area contributed by atoms with E-state index in [0.29, 0.717) is 29.2 Å². The van der Waals surface area contributed by atoms with Crippen LogP contribution in [-0.4, -0.2) is 53.1 Å². The van der Waals surface area contributed by atoms with E-state index >= 15 is 0 Å². The Morgan fingerprint density at radius 1 is 1.19 bits per heavy atom. The molecule has 4 amide bonds. The summed E-state index contributed by atoms with van der Waals surface area (Å²) in [5.74, 6) is -0.0341. The van der Waals surface area contributed by atoms with E-state index in [2.05, 4.69) is 5.32 Å². The fourth-order valence-corrected chi connectivity index (χ4v) is 5.70. The fourth-order valence-electron chi connectivity index (χ4n) is 4.40. The van der Waals surface area contributed by atoms with E-state index in [0.717, 1.165) is 4.90 Å². The van der Waals surface area contributed by atoms with Gasteiger partial charge in [0.15, 0.2) is 5.54 Å². The Hall–Kier alpha value is -3.07. The smallest absolute Gasteiger partial charge is 0.325 e. The standard InChI is InChI=1S/C22H20FN3O4S/c23-16-7-3-1-5-14(16)19-25(10-12-31-19)18(27)13-26-20(28)22(24-21(26)29)9-11-30-17-8-4-2-6-15(17)22/h1-8,19H,9-13H2,(H,24,29)/t19-,22+/m0/s1. The number of fused-ring (bicyclic) bond motifs is 2. The Balaban J connectivity index is 1.39. The molecule has 7 nitrogen and oxygen atoms in total. The quantitative estimate of drug-likeness (QED) is 0.741. The molecule has 5 rings (SSSR count). The van der Waals surface area contributed by atoms with E-state index < -0.39 is 22.9 Å². The molecule has 9 heteroatoms. The molecule has 31 heavy (non-hydrogen) atoms. The van der Waals surface area contributed by atoms with Gasteiger partial charge in [-0.15, -0.1) is 11.8 Å². The molecule has 2 aromatic carbocycles. The molecule has 3 aliphatic heterocycles. The molecule has 0 unspecified atom stereocenters. The van der Waals surface area contributed by atoms with Gasteiger partial charge in [-0.25, -0.2) is 9.18 Å². The summed E-state index contributed by atoms with van der Waals surface area (Å²) in [6, 6.07) is 12.8. The number of nitrogens with zero attached hydrogens (tertiary/aromatic N) is 2. The van der Waals surface area contributed by atoms with Gasteiger partial charge in [0.1, 0.15) is 23.5 Å². The van der Waals surface area contributed by atoms with Crippen molar-refractivity contribution >= 4 is 29.6 Å². The maximum atomic E-state index is 14.3. The third kappa shape index (κ3) is 3.15. The van der Waals surface area contributed by atoms with E-state index in [1.807, 2.05) is 0 Å². The zero-order valence-electron chi connectivity index (χ0n) is 16.5. The van der Waals surface area contributed by atoms with Crippen molar-refractivity contribution in [3.05, 3.63) is 65.5 Å². The van der Waals surface area contributed by atoms with Crippen LogP contribution in [0.25, 0.3) is 0 Å². The number of hydrogen-bond acceptors (Lipinski definition) is 5. The fraction of sp³-hybridized carbons (Fsp3) is 0.318. The number of benzene rings is 2. The summed E-state index contributed by atoms with van der Waals surface area (Å²) in [7, 11) is 0. The van der Waals surface area contributed by atoms with Crippen molar-refractivity contribution in [3.8, 4) is 5.75 Å². The van der Waals surface area contributed by atoms with Gasteiger partial charge in [-0.05, 0) is 12.1 Å². The van der Waals surface area contributed by atoms with Gasteiger partial charge in [-0.2, -0.15) is 0 Å². The van der Waals surface area contributed by atoms with Crippen molar-refractivity contribution in [2.24, 2.45) is 0 Å². The summed E-state index contributed by atoms with van der Waals surface area (Å²) in [5, 5.41) is 2.32. The number of ether oxygens (including phenoxy) is 1. The van der Waals surface area contributed by atoms with Gasteiger partial charge < -0.3 is 15.0 Å². The maximum absolute atomic E-state index is 14.3. The lowest BCUT2D eigenvalue weighted by Crippen LogP contribution is -2.48. The monoisotopic (exact) mass is 441 g/mol. The first-order valence-electron chi connectivity index (χ1n) is 10.0. The van der Waals surface area contributed by atoms with Crippen molar-refractivity contribution < 1.29 is 23.5 Å². The minimum absolute atomic E-state index is 0.281. The third-order valence-corrected chi connectivity index (χ3v) is 7.18.